The van der Waals surface area contributed by atoms with Gasteiger partial charge in [-0.05, 0) is 59.7 Å². The minimum atomic E-state index is -4.62. The maximum absolute atomic E-state index is 13.7. The van der Waals surface area contributed by atoms with E-state index in [1.54, 1.807) is 12.4 Å². The van der Waals surface area contributed by atoms with Crippen LogP contribution in [0.25, 0.3) is 0 Å². The van der Waals surface area contributed by atoms with E-state index in [4.69, 9.17) is 0 Å². The summed E-state index contributed by atoms with van der Waals surface area (Å²) in [5, 5.41) is 17.7. The molecule has 1 atom stereocenters. The molecule has 0 spiro atoms. The monoisotopic (exact) mass is 456 g/mol. The summed E-state index contributed by atoms with van der Waals surface area (Å²) in [5.74, 6) is 0.734. The number of rotatable bonds is 5. The number of carbonyl (C=O) groups excluding carboxylic acids is 1. The van der Waals surface area contributed by atoms with Gasteiger partial charge in [-0.25, -0.2) is 0 Å². The Morgan fingerprint density at radius 3 is 2.61 bits per heavy atom. The van der Waals surface area contributed by atoms with Crippen molar-refractivity contribution in [2.24, 2.45) is 13.0 Å². The predicted molar refractivity (Wildman–Crippen MR) is 115 cm³/mol. The second-order valence-electron chi connectivity index (χ2n) is 8.78. The molecular formula is C24H23F3N4O2. The van der Waals surface area contributed by atoms with Crippen LogP contribution < -0.4 is 4.90 Å². The molecule has 2 aliphatic rings. The Balaban J connectivity index is 1.54. The lowest BCUT2D eigenvalue weighted by Gasteiger charge is -2.33. The van der Waals surface area contributed by atoms with Crippen LogP contribution in [-0.4, -0.2) is 25.8 Å². The number of fused-ring (bicyclic) bond motifs is 1. The molecule has 1 fully saturated rings. The minimum Gasteiger partial charge on any atom is -0.392 e. The first-order valence-corrected chi connectivity index (χ1v) is 10.9. The predicted octanol–water partition coefficient (Wildman–Crippen LogP) is 4.42. The fourth-order valence-corrected chi connectivity index (χ4v) is 4.89. The number of nitrogens with zero attached hydrogens (tertiary/aromatic N) is 4. The van der Waals surface area contributed by atoms with Gasteiger partial charge in [-0.15, -0.1) is 10.2 Å². The number of aliphatic hydroxyl groups is 1. The maximum atomic E-state index is 13.7. The van der Waals surface area contributed by atoms with E-state index in [1.807, 2.05) is 29.8 Å². The topological polar surface area (TPSA) is 71.2 Å². The first-order chi connectivity index (χ1) is 15.8. The van der Waals surface area contributed by atoms with Gasteiger partial charge in [-0.3, -0.25) is 4.79 Å². The first-order valence-electron chi connectivity index (χ1n) is 10.9. The lowest BCUT2D eigenvalue weighted by atomic mass is 9.72. The Morgan fingerprint density at radius 1 is 1.21 bits per heavy atom. The van der Waals surface area contributed by atoms with Crippen LogP contribution in [0, 0.1) is 5.92 Å². The lowest BCUT2D eigenvalue weighted by Crippen LogP contribution is -2.25. The van der Waals surface area contributed by atoms with Crippen LogP contribution in [0.4, 0.5) is 18.9 Å². The summed E-state index contributed by atoms with van der Waals surface area (Å²) in [6, 6.07) is 9.69. The van der Waals surface area contributed by atoms with Crippen LogP contribution in [0.2, 0.25) is 0 Å². The molecule has 1 aromatic heterocycles. The summed E-state index contributed by atoms with van der Waals surface area (Å²) < 4.78 is 43.0. The Labute approximate surface area is 188 Å². The minimum absolute atomic E-state index is 0.00184. The number of carbonyl (C=O) groups is 1. The lowest BCUT2D eigenvalue weighted by molar-refractivity contribution is -0.138. The van der Waals surface area contributed by atoms with Crippen molar-refractivity contribution in [3.63, 3.8) is 0 Å². The quantitative estimate of drug-likeness (QED) is 0.617. The number of hydrogen-bond donors (Lipinski definition) is 1. The molecule has 3 aromatic rings. The van der Waals surface area contributed by atoms with Crippen LogP contribution in [0.5, 0.6) is 0 Å². The summed E-state index contributed by atoms with van der Waals surface area (Å²) in [6.45, 7) is -0.740. The van der Waals surface area contributed by atoms with Gasteiger partial charge in [0.2, 0.25) is 0 Å². The number of aromatic nitrogens is 3. The van der Waals surface area contributed by atoms with Crippen LogP contribution in [0.1, 0.15) is 63.6 Å². The summed E-state index contributed by atoms with van der Waals surface area (Å²) in [4.78, 5) is 14.5. The SMILES string of the molecule is Cn1cnnc1[C@@H](c1cccc(N2Cc3c(cc(CO)cc3C(F)(F)F)C2=O)c1)C1CCC1. The van der Waals surface area contributed by atoms with E-state index in [0.29, 0.717) is 11.6 Å². The standard InChI is InChI=1S/C24H23F3N4O2/c1-30-13-28-29-22(30)21(15-4-2-5-15)16-6-3-7-17(10-16)31-11-19-18(23(31)33)8-14(12-32)9-20(19)24(25,26)27/h3,6-10,13,15,21,32H,2,4-5,11-12H2,1H3/t21-/m1/s1. The zero-order valence-electron chi connectivity index (χ0n) is 18.0. The summed E-state index contributed by atoms with van der Waals surface area (Å²) in [5.41, 5.74) is 0.630. The molecule has 1 saturated carbocycles. The van der Waals surface area contributed by atoms with Crippen LogP contribution in [0.3, 0.4) is 0 Å². The molecule has 0 bridgehead atoms. The number of hydrogen-bond acceptors (Lipinski definition) is 4. The van der Waals surface area contributed by atoms with E-state index in [-0.39, 0.29) is 29.2 Å². The average molecular weight is 456 g/mol. The number of benzene rings is 2. The van der Waals surface area contributed by atoms with Gasteiger partial charge >= 0.3 is 6.18 Å². The molecule has 0 saturated heterocycles. The summed E-state index contributed by atoms with van der Waals surface area (Å²) in [7, 11) is 1.89. The van der Waals surface area contributed by atoms with Crippen molar-refractivity contribution < 1.29 is 23.1 Å². The zero-order valence-corrected chi connectivity index (χ0v) is 18.0. The van der Waals surface area contributed by atoms with Gasteiger partial charge in [0.15, 0.2) is 0 Å². The normalized spacial score (nSPS) is 17.2. The van der Waals surface area contributed by atoms with E-state index in [9.17, 15) is 23.1 Å². The molecule has 6 nitrogen and oxygen atoms in total. The highest BCUT2D eigenvalue weighted by Crippen LogP contribution is 2.44. The smallest absolute Gasteiger partial charge is 0.392 e. The number of alkyl halides is 3. The Morgan fingerprint density at radius 2 is 2.00 bits per heavy atom. The fourth-order valence-electron chi connectivity index (χ4n) is 4.89. The van der Waals surface area contributed by atoms with Gasteiger partial charge in [0.05, 0.1) is 18.7 Å². The van der Waals surface area contributed by atoms with Crippen molar-refractivity contribution in [3.05, 3.63) is 76.4 Å². The Kier molecular flexibility index (Phi) is 5.23. The Bertz CT molecular complexity index is 1220. The van der Waals surface area contributed by atoms with Crippen LogP contribution in [0.15, 0.2) is 42.7 Å². The molecule has 0 radical (unpaired) electrons. The van der Waals surface area contributed by atoms with E-state index >= 15 is 0 Å². The second kappa shape index (κ2) is 7.98. The third-order valence-electron chi connectivity index (χ3n) is 6.78. The van der Waals surface area contributed by atoms with Crippen molar-refractivity contribution in [1.82, 2.24) is 14.8 Å². The highest BCUT2D eigenvalue weighted by atomic mass is 19.4. The van der Waals surface area contributed by atoms with Crippen molar-refractivity contribution in [1.29, 1.82) is 0 Å². The third kappa shape index (κ3) is 3.70. The van der Waals surface area contributed by atoms with E-state index in [2.05, 4.69) is 10.2 Å². The molecule has 1 aliphatic carbocycles. The number of aryl methyl sites for hydroxylation is 1. The molecule has 33 heavy (non-hydrogen) atoms. The number of anilines is 1. The Hall–Kier alpha value is -3.20. The molecule has 1 N–H and O–H groups in total. The fraction of sp³-hybridized carbons (Fsp3) is 0.375. The van der Waals surface area contributed by atoms with Crippen LogP contribution >= 0.6 is 0 Å². The van der Waals surface area contributed by atoms with Gasteiger partial charge in [0.1, 0.15) is 12.2 Å². The van der Waals surface area contributed by atoms with Crippen LogP contribution in [-0.2, 0) is 26.4 Å². The molecule has 1 amide bonds. The second-order valence-corrected chi connectivity index (χ2v) is 8.78. The first kappa shape index (κ1) is 21.6. The largest absolute Gasteiger partial charge is 0.416 e. The highest BCUT2D eigenvalue weighted by molar-refractivity contribution is 6.10. The summed E-state index contributed by atoms with van der Waals surface area (Å²) in [6.07, 6.45) is 0.312. The van der Waals surface area contributed by atoms with E-state index in [0.717, 1.165) is 36.7 Å². The number of halogens is 3. The third-order valence-corrected chi connectivity index (χ3v) is 6.78. The summed E-state index contributed by atoms with van der Waals surface area (Å²) >= 11 is 0. The number of aliphatic hydroxyl groups excluding tert-OH is 1. The molecule has 0 unspecified atom stereocenters. The molecule has 172 valence electrons. The molecule has 2 aromatic carbocycles. The van der Waals surface area contributed by atoms with Gasteiger partial charge in [0, 0.05) is 24.2 Å². The van der Waals surface area contributed by atoms with Crippen molar-refractivity contribution in [3.8, 4) is 0 Å². The number of amides is 1. The van der Waals surface area contributed by atoms with Gasteiger partial charge in [-0.1, -0.05) is 18.6 Å². The van der Waals surface area contributed by atoms with Crippen molar-refractivity contribution >= 4 is 11.6 Å². The zero-order chi connectivity index (χ0) is 23.3. The molecule has 9 heteroatoms. The molecule has 2 heterocycles. The van der Waals surface area contributed by atoms with E-state index < -0.39 is 24.3 Å². The van der Waals surface area contributed by atoms with E-state index in [1.165, 1.54) is 11.0 Å². The van der Waals surface area contributed by atoms with Crippen molar-refractivity contribution in [2.45, 2.75) is 44.5 Å². The van der Waals surface area contributed by atoms with Crippen molar-refractivity contribution in [2.75, 3.05) is 4.90 Å². The van der Waals surface area contributed by atoms with Gasteiger partial charge in [-0.2, -0.15) is 13.2 Å². The average Bonchev–Trinajstić information content (AvgIpc) is 3.32. The molecule has 5 rings (SSSR count). The van der Waals surface area contributed by atoms with Gasteiger partial charge < -0.3 is 14.6 Å². The van der Waals surface area contributed by atoms with Gasteiger partial charge in [0.25, 0.3) is 5.91 Å². The highest BCUT2D eigenvalue weighted by Gasteiger charge is 2.41. The molecule has 1 aliphatic heterocycles. The molecular weight excluding hydrogens is 433 g/mol. The maximum Gasteiger partial charge on any atom is 0.416 e.